The molecule has 5 aliphatic rings. The summed E-state index contributed by atoms with van der Waals surface area (Å²) in [6.07, 6.45) is 7.76. The normalized spacial score (nSPS) is 21.4. The molecular weight excluding hydrogens is 624 g/mol. The van der Waals surface area contributed by atoms with Gasteiger partial charge in [0.25, 0.3) is 11.8 Å². The van der Waals surface area contributed by atoms with E-state index in [4.69, 9.17) is 10.2 Å². The third-order valence-corrected chi connectivity index (χ3v) is 12.3. The largest absolute Gasteiger partial charge is 0.343 e. The molecular formula is C40H48N8O2. The predicted molar refractivity (Wildman–Crippen MR) is 198 cm³/mol. The highest BCUT2D eigenvalue weighted by atomic mass is 16.2. The highest BCUT2D eigenvalue weighted by molar-refractivity contribution is 6.22. The van der Waals surface area contributed by atoms with Gasteiger partial charge in [-0.3, -0.25) is 9.59 Å². The van der Waals surface area contributed by atoms with Crippen molar-refractivity contribution in [3.8, 4) is 0 Å². The van der Waals surface area contributed by atoms with E-state index in [9.17, 15) is 9.59 Å². The third kappa shape index (κ3) is 4.97. The lowest BCUT2D eigenvalue weighted by atomic mass is 9.69. The number of amides is 2. The number of nitrogens with one attached hydrogen (secondary N) is 2. The van der Waals surface area contributed by atoms with Gasteiger partial charge in [-0.15, -0.1) is 0 Å². The fourth-order valence-corrected chi connectivity index (χ4v) is 9.84. The minimum Gasteiger partial charge on any atom is -0.343 e. The number of hydrogen-bond acceptors (Lipinski definition) is 6. The first-order valence-electron chi connectivity index (χ1n) is 18.9. The number of likely N-dealkylation sites (tertiary alicyclic amines) is 1. The third-order valence-electron chi connectivity index (χ3n) is 12.3. The molecule has 2 amide bonds. The second-order valence-electron chi connectivity index (χ2n) is 15.4. The van der Waals surface area contributed by atoms with Gasteiger partial charge in [0, 0.05) is 70.5 Å². The summed E-state index contributed by atoms with van der Waals surface area (Å²) >= 11 is 0. The van der Waals surface area contributed by atoms with E-state index in [1.54, 1.807) is 0 Å². The van der Waals surface area contributed by atoms with Crippen LogP contribution in [0.2, 0.25) is 0 Å². The summed E-state index contributed by atoms with van der Waals surface area (Å²) in [6, 6.07) is 10.6. The highest BCUT2D eigenvalue weighted by Crippen LogP contribution is 2.46. The molecule has 2 aliphatic carbocycles. The van der Waals surface area contributed by atoms with Gasteiger partial charge in [0.15, 0.2) is 0 Å². The van der Waals surface area contributed by atoms with Crippen molar-refractivity contribution < 1.29 is 9.59 Å². The molecule has 1 atom stereocenters. The van der Waals surface area contributed by atoms with Gasteiger partial charge < -0.3 is 18.9 Å². The van der Waals surface area contributed by atoms with Crippen LogP contribution in [0, 0.1) is 5.41 Å². The van der Waals surface area contributed by atoms with Crippen molar-refractivity contribution in [2.24, 2.45) is 15.6 Å². The molecule has 2 aromatic carbocycles. The molecule has 1 fully saturated rings. The fourth-order valence-electron chi connectivity index (χ4n) is 9.84. The molecule has 0 bridgehead atoms. The monoisotopic (exact) mass is 672 g/mol. The zero-order valence-electron chi connectivity index (χ0n) is 29.7. The molecule has 2 N–H and O–H groups in total. The molecule has 10 heteroatoms. The second-order valence-corrected chi connectivity index (χ2v) is 15.4. The van der Waals surface area contributed by atoms with E-state index in [1.807, 2.05) is 12.1 Å². The summed E-state index contributed by atoms with van der Waals surface area (Å²) < 4.78 is 4.97. The molecule has 10 nitrogen and oxygen atoms in total. The summed E-state index contributed by atoms with van der Waals surface area (Å²) in [5, 5.41) is 11.6. The van der Waals surface area contributed by atoms with Crippen LogP contribution < -0.4 is 10.9 Å². The van der Waals surface area contributed by atoms with Crippen molar-refractivity contribution in [1.82, 2.24) is 29.8 Å². The fraction of sp³-hybridized carbons (Fsp3) is 0.500. The zero-order chi connectivity index (χ0) is 34.1. The molecule has 0 spiro atoms. The summed E-state index contributed by atoms with van der Waals surface area (Å²) in [6.45, 7) is 14.9. The summed E-state index contributed by atoms with van der Waals surface area (Å²) in [5.41, 5.74) is 17.3. The Labute approximate surface area is 293 Å². The lowest BCUT2D eigenvalue weighted by Crippen LogP contribution is -2.35. The molecule has 0 saturated carbocycles. The molecule has 50 heavy (non-hydrogen) atoms. The maximum absolute atomic E-state index is 14.1. The first-order valence-corrected chi connectivity index (χ1v) is 18.9. The lowest BCUT2D eigenvalue weighted by Gasteiger charge is -2.36. The van der Waals surface area contributed by atoms with E-state index in [1.165, 1.54) is 42.9 Å². The maximum Gasteiger partial charge on any atom is 0.272 e. The summed E-state index contributed by atoms with van der Waals surface area (Å²) in [4.78, 5) is 32.5. The van der Waals surface area contributed by atoms with Crippen LogP contribution in [0.4, 0.5) is 0 Å². The van der Waals surface area contributed by atoms with Gasteiger partial charge in [-0.25, -0.2) is 10.9 Å². The zero-order valence-corrected chi connectivity index (χ0v) is 29.7. The van der Waals surface area contributed by atoms with E-state index in [0.29, 0.717) is 18.4 Å². The van der Waals surface area contributed by atoms with Gasteiger partial charge in [0.1, 0.15) is 0 Å². The van der Waals surface area contributed by atoms with Crippen molar-refractivity contribution in [2.45, 2.75) is 85.2 Å². The van der Waals surface area contributed by atoms with Crippen LogP contribution in [0.5, 0.6) is 0 Å². The van der Waals surface area contributed by atoms with Gasteiger partial charge in [0.2, 0.25) is 0 Å². The Balaban J connectivity index is 1.15. The number of nitrogens with zero attached hydrogens (tertiary/aromatic N) is 6. The van der Waals surface area contributed by atoms with Crippen LogP contribution in [-0.2, 0) is 32.4 Å². The second kappa shape index (κ2) is 12.2. The molecule has 1 unspecified atom stereocenters. The maximum atomic E-state index is 14.1. The quantitative estimate of drug-likeness (QED) is 0.234. The average molecular weight is 673 g/mol. The van der Waals surface area contributed by atoms with Gasteiger partial charge in [0.05, 0.1) is 22.6 Å². The molecule has 0 radical (unpaired) electrons. The van der Waals surface area contributed by atoms with Crippen LogP contribution in [0.1, 0.15) is 102 Å². The molecule has 260 valence electrons. The molecule has 9 rings (SSSR count). The predicted octanol–water partition coefficient (Wildman–Crippen LogP) is 5.46. The first kappa shape index (κ1) is 31.7. The number of likely N-dealkylation sites (N-methyl/N-ethyl adjacent to an activating group) is 1. The number of rotatable bonds is 10. The van der Waals surface area contributed by atoms with Crippen LogP contribution in [-0.4, -0.2) is 81.4 Å². The Morgan fingerprint density at radius 3 is 2.32 bits per heavy atom. The number of carbonyl (C=O) groups is 2. The van der Waals surface area contributed by atoms with E-state index >= 15 is 0 Å². The Kier molecular flexibility index (Phi) is 7.73. The molecule has 3 aliphatic heterocycles. The standard InChI is InChI=1S/C40H48N8O2/c1-4-45(5-2)18-20-48-29-12-8-10-26-34(29)36-28(42-43-38(26)49)23-40(3,24-32(36)48)22-25-14-15-31-37-33(25)39(50)44-41-27-11-9-13-30(35(27)37)47(31)21-19-46-16-6-7-17-46/h8,10,12,14-15H,4-7,9,11,13,16-24H2,1-3H3,(H,43,49)(H,44,50). The number of carbonyl (C=O) groups excluding carboxylic acids is 2. The summed E-state index contributed by atoms with van der Waals surface area (Å²) in [5.74, 6) is -0.260. The van der Waals surface area contributed by atoms with E-state index in [0.717, 1.165) is 115 Å². The van der Waals surface area contributed by atoms with Crippen LogP contribution in [0.15, 0.2) is 40.5 Å². The Bertz CT molecular complexity index is 2130. The van der Waals surface area contributed by atoms with E-state index in [-0.39, 0.29) is 17.2 Å². The number of benzene rings is 2. The van der Waals surface area contributed by atoms with Crippen molar-refractivity contribution in [1.29, 1.82) is 0 Å². The van der Waals surface area contributed by atoms with Crippen LogP contribution in [0.25, 0.3) is 21.8 Å². The summed E-state index contributed by atoms with van der Waals surface area (Å²) in [7, 11) is 0. The number of hydrazone groups is 2. The van der Waals surface area contributed by atoms with E-state index < -0.39 is 0 Å². The number of hydrogen-bond donors (Lipinski definition) is 2. The molecule has 5 heterocycles. The van der Waals surface area contributed by atoms with Crippen molar-refractivity contribution in [2.75, 3.05) is 39.3 Å². The first-order chi connectivity index (χ1) is 24.4. The van der Waals surface area contributed by atoms with Crippen LogP contribution >= 0.6 is 0 Å². The Hall–Kier alpha value is -4.28. The highest BCUT2D eigenvalue weighted by Gasteiger charge is 2.41. The van der Waals surface area contributed by atoms with E-state index in [2.05, 4.69) is 68.8 Å². The molecule has 1 saturated heterocycles. The Morgan fingerprint density at radius 1 is 0.760 bits per heavy atom. The Morgan fingerprint density at radius 2 is 1.50 bits per heavy atom. The number of aromatic nitrogens is 2. The van der Waals surface area contributed by atoms with Gasteiger partial charge in [-0.2, -0.15) is 10.2 Å². The van der Waals surface area contributed by atoms with Crippen molar-refractivity contribution in [3.05, 3.63) is 69.5 Å². The van der Waals surface area contributed by atoms with Gasteiger partial charge in [-0.05, 0) is 107 Å². The molecule has 2 aromatic heterocycles. The average Bonchev–Trinajstić information content (AvgIpc) is 3.78. The van der Waals surface area contributed by atoms with Gasteiger partial charge >= 0.3 is 0 Å². The topological polar surface area (TPSA) is 99.3 Å². The van der Waals surface area contributed by atoms with Crippen LogP contribution in [0.3, 0.4) is 0 Å². The van der Waals surface area contributed by atoms with Crippen molar-refractivity contribution in [3.63, 3.8) is 0 Å². The minimum atomic E-state index is -0.235. The molecule has 4 aromatic rings. The van der Waals surface area contributed by atoms with Gasteiger partial charge in [-0.1, -0.05) is 32.9 Å². The lowest BCUT2D eigenvalue weighted by molar-refractivity contribution is 0.0947. The smallest absolute Gasteiger partial charge is 0.272 e. The minimum absolute atomic E-state index is 0.107. The SMILES string of the molecule is CCN(CC)CCn1c2c3c4c(cccc41)C(=O)NN=C3CC(C)(Cc1ccc3c4c1C(=O)NN=C1CCCc(c41)n3CCN1CCCC1)C2. The van der Waals surface area contributed by atoms with Crippen molar-refractivity contribution >= 4 is 45.0 Å².